The summed E-state index contributed by atoms with van der Waals surface area (Å²) >= 11 is 0. The van der Waals surface area contributed by atoms with E-state index in [1.165, 1.54) is 6.20 Å². The Balaban J connectivity index is 2.17. The van der Waals surface area contributed by atoms with Crippen LogP contribution in [0, 0.1) is 12.8 Å². The van der Waals surface area contributed by atoms with Gasteiger partial charge in [-0.25, -0.2) is 4.98 Å². The normalized spacial score (nSPS) is 20.7. The second kappa shape index (κ2) is 5.36. The third-order valence-corrected chi connectivity index (χ3v) is 3.47. The highest BCUT2D eigenvalue weighted by molar-refractivity contribution is 5.47. The maximum absolute atomic E-state index is 12.8. The SMILES string of the molecule is Cc1cc(CO)cnc1N1CCCC(C(F)(F)F)C1. The number of aryl methyl sites for hydroxylation is 1. The van der Waals surface area contributed by atoms with Crippen molar-refractivity contribution in [2.24, 2.45) is 5.92 Å². The minimum atomic E-state index is -4.14. The molecule has 106 valence electrons. The first-order valence-electron chi connectivity index (χ1n) is 6.30. The number of pyridine rings is 1. The summed E-state index contributed by atoms with van der Waals surface area (Å²) < 4.78 is 38.3. The summed E-state index contributed by atoms with van der Waals surface area (Å²) in [5.41, 5.74) is 1.47. The number of aliphatic hydroxyl groups excluding tert-OH is 1. The maximum atomic E-state index is 12.8. The molecule has 0 bridgehead atoms. The molecule has 0 spiro atoms. The first-order chi connectivity index (χ1) is 8.91. The van der Waals surface area contributed by atoms with Gasteiger partial charge in [0.05, 0.1) is 12.5 Å². The molecule has 1 unspecified atom stereocenters. The first kappa shape index (κ1) is 14.1. The summed E-state index contributed by atoms with van der Waals surface area (Å²) in [6, 6.07) is 1.76. The lowest BCUT2D eigenvalue weighted by Crippen LogP contribution is -2.42. The Hall–Kier alpha value is -1.30. The Morgan fingerprint density at radius 3 is 2.79 bits per heavy atom. The van der Waals surface area contributed by atoms with E-state index in [4.69, 9.17) is 5.11 Å². The van der Waals surface area contributed by atoms with Crippen molar-refractivity contribution in [2.75, 3.05) is 18.0 Å². The average molecular weight is 274 g/mol. The van der Waals surface area contributed by atoms with Gasteiger partial charge in [0.1, 0.15) is 5.82 Å². The minimum absolute atomic E-state index is 0.0319. The Kier molecular flexibility index (Phi) is 3.99. The predicted octanol–water partition coefficient (Wildman–Crippen LogP) is 2.66. The highest BCUT2D eigenvalue weighted by Gasteiger charge is 2.42. The van der Waals surface area contributed by atoms with Crippen molar-refractivity contribution < 1.29 is 18.3 Å². The largest absolute Gasteiger partial charge is 0.393 e. The van der Waals surface area contributed by atoms with E-state index >= 15 is 0 Å². The van der Waals surface area contributed by atoms with Gasteiger partial charge in [0.2, 0.25) is 0 Å². The molecule has 2 heterocycles. The molecule has 1 atom stereocenters. The molecular weight excluding hydrogens is 257 g/mol. The van der Waals surface area contributed by atoms with Crippen LogP contribution < -0.4 is 4.90 Å². The van der Waals surface area contributed by atoms with Crippen LogP contribution in [-0.2, 0) is 6.61 Å². The van der Waals surface area contributed by atoms with Gasteiger partial charge >= 0.3 is 6.18 Å². The number of rotatable bonds is 2. The van der Waals surface area contributed by atoms with Crippen LogP contribution in [0.5, 0.6) is 0 Å². The molecule has 3 nitrogen and oxygen atoms in total. The molecule has 1 aliphatic heterocycles. The fourth-order valence-electron chi connectivity index (χ4n) is 2.48. The van der Waals surface area contributed by atoms with Gasteiger partial charge in [0.15, 0.2) is 0 Å². The molecule has 1 aliphatic rings. The second-order valence-electron chi connectivity index (χ2n) is 4.97. The van der Waals surface area contributed by atoms with E-state index in [0.29, 0.717) is 24.3 Å². The van der Waals surface area contributed by atoms with E-state index in [9.17, 15) is 13.2 Å². The Labute approximate surface area is 110 Å². The number of halogens is 3. The topological polar surface area (TPSA) is 36.4 Å². The maximum Gasteiger partial charge on any atom is 0.393 e. The summed E-state index contributed by atoms with van der Waals surface area (Å²) in [4.78, 5) is 5.88. The lowest BCUT2D eigenvalue weighted by molar-refractivity contribution is -0.176. The number of aliphatic hydroxyl groups is 1. The molecule has 1 N–H and O–H groups in total. The Bertz CT molecular complexity index is 448. The molecule has 1 aromatic heterocycles. The number of hydrogen-bond donors (Lipinski definition) is 1. The summed E-state index contributed by atoms with van der Waals surface area (Å²) in [5, 5.41) is 9.01. The predicted molar refractivity (Wildman–Crippen MR) is 65.9 cm³/mol. The zero-order chi connectivity index (χ0) is 14.0. The van der Waals surface area contributed by atoms with E-state index in [1.807, 2.05) is 0 Å². The zero-order valence-corrected chi connectivity index (χ0v) is 10.7. The smallest absolute Gasteiger partial charge is 0.392 e. The van der Waals surface area contributed by atoms with E-state index in [2.05, 4.69) is 4.98 Å². The van der Waals surface area contributed by atoms with Crippen molar-refractivity contribution in [3.63, 3.8) is 0 Å². The number of piperidine rings is 1. The summed E-state index contributed by atoms with van der Waals surface area (Å²) in [6.07, 6.45) is -1.92. The lowest BCUT2D eigenvalue weighted by Gasteiger charge is -2.35. The van der Waals surface area contributed by atoms with Crippen LogP contribution in [0.25, 0.3) is 0 Å². The molecule has 19 heavy (non-hydrogen) atoms. The molecule has 1 fully saturated rings. The highest BCUT2D eigenvalue weighted by Crippen LogP contribution is 2.35. The Morgan fingerprint density at radius 1 is 1.47 bits per heavy atom. The fraction of sp³-hybridized carbons (Fsp3) is 0.615. The summed E-state index contributed by atoms with van der Waals surface area (Å²) in [6.45, 7) is 2.26. The fourth-order valence-corrected chi connectivity index (χ4v) is 2.48. The van der Waals surface area contributed by atoms with Crippen molar-refractivity contribution in [1.82, 2.24) is 4.98 Å². The molecule has 6 heteroatoms. The number of hydrogen-bond acceptors (Lipinski definition) is 3. The lowest BCUT2D eigenvalue weighted by atomic mass is 9.97. The van der Waals surface area contributed by atoms with E-state index in [1.54, 1.807) is 17.9 Å². The molecular formula is C13H17F3N2O. The van der Waals surface area contributed by atoms with Crippen LogP contribution in [0.3, 0.4) is 0 Å². The molecule has 2 rings (SSSR count). The van der Waals surface area contributed by atoms with Gasteiger partial charge in [-0.3, -0.25) is 0 Å². The summed E-state index contributed by atoms with van der Waals surface area (Å²) in [5.74, 6) is -0.689. The van der Waals surface area contributed by atoms with E-state index in [-0.39, 0.29) is 19.6 Å². The summed E-state index contributed by atoms with van der Waals surface area (Å²) in [7, 11) is 0. The third kappa shape index (κ3) is 3.18. The highest BCUT2D eigenvalue weighted by atomic mass is 19.4. The van der Waals surface area contributed by atoms with Crippen LogP contribution in [0.4, 0.5) is 19.0 Å². The van der Waals surface area contributed by atoms with Crippen molar-refractivity contribution in [2.45, 2.75) is 32.5 Å². The second-order valence-corrected chi connectivity index (χ2v) is 4.97. The van der Waals surface area contributed by atoms with Gasteiger partial charge in [-0.2, -0.15) is 13.2 Å². The van der Waals surface area contributed by atoms with Crippen molar-refractivity contribution in [3.8, 4) is 0 Å². The van der Waals surface area contributed by atoms with E-state index < -0.39 is 12.1 Å². The molecule has 0 saturated carbocycles. The van der Waals surface area contributed by atoms with Crippen molar-refractivity contribution >= 4 is 5.82 Å². The van der Waals surface area contributed by atoms with Gasteiger partial charge in [-0.15, -0.1) is 0 Å². The molecule has 0 amide bonds. The van der Waals surface area contributed by atoms with Crippen molar-refractivity contribution in [1.29, 1.82) is 0 Å². The molecule has 0 radical (unpaired) electrons. The van der Waals surface area contributed by atoms with Gasteiger partial charge in [0.25, 0.3) is 0 Å². The van der Waals surface area contributed by atoms with Crippen LogP contribution in [0.2, 0.25) is 0 Å². The first-order valence-corrected chi connectivity index (χ1v) is 6.30. The van der Waals surface area contributed by atoms with Crippen LogP contribution in [0.15, 0.2) is 12.3 Å². The standard InChI is InChI=1S/C13H17F3N2O/c1-9-5-10(8-19)6-17-12(9)18-4-2-3-11(7-18)13(14,15)16/h5-6,11,19H,2-4,7-8H2,1H3. The third-order valence-electron chi connectivity index (χ3n) is 3.47. The van der Waals surface area contributed by atoms with Crippen LogP contribution in [0.1, 0.15) is 24.0 Å². The Morgan fingerprint density at radius 2 is 2.21 bits per heavy atom. The molecule has 0 aliphatic carbocycles. The average Bonchev–Trinajstić information content (AvgIpc) is 2.37. The van der Waals surface area contributed by atoms with Gasteiger partial charge in [0, 0.05) is 19.3 Å². The number of alkyl halides is 3. The number of anilines is 1. The van der Waals surface area contributed by atoms with E-state index in [0.717, 1.165) is 5.56 Å². The van der Waals surface area contributed by atoms with Gasteiger partial charge < -0.3 is 10.0 Å². The zero-order valence-electron chi connectivity index (χ0n) is 10.7. The van der Waals surface area contributed by atoms with Gasteiger partial charge in [-0.05, 0) is 37.0 Å². The van der Waals surface area contributed by atoms with Crippen LogP contribution >= 0.6 is 0 Å². The number of aromatic nitrogens is 1. The van der Waals surface area contributed by atoms with Gasteiger partial charge in [-0.1, -0.05) is 0 Å². The minimum Gasteiger partial charge on any atom is -0.392 e. The molecule has 1 aromatic rings. The monoisotopic (exact) mass is 274 g/mol. The van der Waals surface area contributed by atoms with Crippen molar-refractivity contribution in [3.05, 3.63) is 23.4 Å². The van der Waals surface area contributed by atoms with Crippen LogP contribution in [-0.4, -0.2) is 29.4 Å². The number of nitrogens with zero attached hydrogens (tertiary/aromatic N) is 2. The quantitative estimate of drug-likeness (QED) is 0.900. The molecule has 1 saturated heterocycles. The molecule has 0 aromatic carbocycles.